The molecule has 0 spiro atoms. The molecule has 2 aliphatic heterocycles. The molecule has 2 unspecified atom stereocenters. The monoisotopic (exact) mass is 282 g/mol. The molecule has 0 radical (unpaired) electrons. The molecule has 0 saturated carbocycles. The predicted molar refractivity (Wildman–Crippen MR) is 70.7 cm³/mol. The average Bonchev–Trinajstić information content (AvgIpc) is 2.72. The first-order chi connectivity index (χ1) is 8.89. The molecule has 19 heavy (non-hydrogen) atoms. The van der Waals surface area contributed by atoms with Gasteiger partial charge in [-0.3, -0.25) is 9.48 Å². The Balaban J connectivity index is 1.86. The van der Waals surface area contributed by atoms with Crippen molar-refractivity contribution < 1.29 is 13.2 Å². The number of Topliss-reactive ketones (excluding diaryl/α,β-unsaturated/α-hetero) is 1. The molecule has 1 aromatic rings. The highest BCUT2D eigenvalue weighted by molar-refractivity contribution is 7.93. The fourth-order valence-corrected chi connectivity index (χ4v) is 5.96. The SMILES string of the molecule is Cc1nn(C)cc1C(=O)C1CC2CCC(C1)S2(=O)=O. The standard InChI is InChI=1S/C13H18N2O3S/c1-8-12(7-15(2)14-8)13(16)9-5-10-3-4-11(6-9)19(10,17)18/h7,9-11H,3-6H2,1-2H3. The summed E-state index contributed by atoms with van der Waals surface area (Å²) in [6.45, 7) is 1.82. The number of carbonyl (C=O) groups excluding carboxylic acids is 1. The first kappa shape index (κ1) is 12.8. The number of sulfone groups is 1. The summed E-state index contributed by atoms with van der Waals surface area (Å²) in [7, 11) is -1.17. The molecule has 2 atom stereocenters. The molecular formula is C13H18N2O3S. The maximum Gasteiger partial charge on any atom is 0.169 e. The third-order valence-electron chi connectivity index (χ3n) is 4.48. The van der Waals surface area contributed by atoms with E-state index in [2.05, 4.69) is 5.10 Å². The van der Waals surface area contributed by atoms with Crippen molar-refractivity contribution in [2.75, 3.05) is 0 Å². The van der Waals surface area contributed by atoms with Gasteiger partial charge in [0.15, 0.2) is 15.6 Å². The van der Waals surface area contributed by atoms with E-state index < -0.39 is 9.84 Å². The summed E-state index contributed by atoms with van der Waals surface area (Å²) in [4.78, 5) is 12.5. The summed E-state index contributed by atoms with van der Waals surface area (Å²) in [6.07, 6.45) is 4.17. The number of fused-ring (bicyclic) bond motifs is 2. The van der Waals surface area contributed by atoms with Crippen LogP contribution < -0.4 is 0 Å². The van der Waals surface area contributed by atoms with Gasteiger partial charge in [-0.05, 0) is 32.6 Å². The zero-order valence-electron chi connectivity index (χ0n) is 11.2. The molecule has 2 aliphatic rings. The van der Waals surface area contributed by atoms with E-state index in [-0.39, 0.29) is 22.2 Å². The molecule has 0 aromatic carbocycles. The van der Waals surface area contributed by atoms with Crippen LogP contribution in [-0.4, -0.2) is 34.5 Å². The van der Waals surface area contributed by atoms with Crippen LogP contribution in [0.1, 0.15) is 41.7 Å². The van der Waals surface area contributed by atoms with Crippen LogP contribution in [0.5, 0.6) is 0 Å². The quantitative estimate of drug-likeness (QED) is 0.766. The van der Waals surface area contributed by atoms with E-state index in [0.717, 1.165) is 18.5 Å². The molecule has 0 N–H and O–H groups in total. The van der Waals surface area contributed by atoms with Crippen molar-refractivity contribution in [3.8, 4) is 0 Å². The summed E-state index contributed by atoms with van der Waals surface area (Å²) >= 11 is 0. The van der Waals surface area contributed by atoms with E-state index >= 15 is 0 Å². The van der Waals surface area contributed by atoms with E-state index in [0.29, 0.717) is 18.4 Å². The van der Waals surface area contributed by atoms with Gasteiger partial charge in [0.2, 0.25) is 0 Å². The summed E-state index contributed by atoms with van der Waals surface area (Å²) in [5.41, 5.74) is 1.37. The smallest absolute Gasteiger partial charge is 0.169 e. The minimum atomic E-state index is -2.96. The molecule has 3 rings (SSSR count). The third-order valence-corrected chi connectivity index (χ3v) is 7.20. The van der Waals surface area contributed by atoms with Gasteiger partial charge in [0.05, 0.1) is 21.8 Å². The Hall–Kier alpha value is -1.17. The fraction of sp³-hybridized carbons (Fsp3) is 0.692. The number of nitrogens with zero attached hydrogens (tertiary/aromatic N) is 2. The second-order valence-corrected chi connectivity index (χ2v) is 8.26. The van der Waals surface area contributed by atoms with E-state index in [1.807, 2.05) is 6.92 Å². The van der Waals surface area contributed by atoms with Gasteiger partial charge in [0.25, 0.3) is 0 Å². The lowest BCUT2D eigenvalue weighted by molar-refractivity contribution is 0.0904. The first-order valence-electron chi connectivity index (χ1n) is 6.66. The van der Waals surface area contributed by atoms with Crippen molar-refractivity contribution >= 4 is 15.6 Å². The van der Waals surface area contributed by atoms with Crippen molar-refractivity contribution in [3.63, 3.8) is 0 Å². The predicted octanol–water partition coefficient (Wildman–Crippen LogP) is 1.27. The Labute approximate surface area is 112 Å². The Morgan fingerprint density at radius 1 is 1.32 bits per heavy atom. The maximum absolute atomic E-state index is 12.5. The molecular weight excluding hydrogens is 264 g/mol. The average molecular weight is 282 g/mol. The number of aromatic nitrogens is 2. The number of ketones is 1. The van der Waals surface area contributed by atoms with E-state index in [9.17, 15) is 13.2 Å². The number of carbonyl (C=O) groups is 1. The van der Waals surface area contributed by atoms with Crippen LogP contribution in [0.2, 0.25) is 0 Å². The number of aryl methyl sites for hydroxylation is 2. The van der Waals surface area contributed by atoms with Gasteiger partial charge in [-0.25, -0.2) is 8.42 Å². The Bertz CT molecular complexity index is 612. The summed E-state index contributed by atoms with van der Waals surface area (Å²) in [6, 6.07) is 0. The Morgan fingerprint density at radius 3 is 2.37 bits per heavy atom. The Kier molecular flexibility index (Phi) is 2.81. The molecule has 1 aromatic heterocycles. The lowest BCUT2D eigenvalue weighted by Crippen LogP contribution is -2.36. The molecule has 0 aliphatic carbocycles. The number of hydrogen-bond acceptors (Lipinski definition) is 4. The van der Waals surface area contributed by atoms with Gasteiger partial charge in [0, 0.05) is 19.2 Å². The molecule has 3 heterocycles. The highest BCUT2D eigenvalue weighted by Gasteiger charge is 2.48. The van der Waals surface area contributed by atoms with Crippen LogP contribution in [0.25, 0.3) is 0 Å². The molecule has 6 heteroatoms. The van der Waals surface area contributed by atoms with Gasteiger partial charge < -0.3 is 0 Å². The zero-order chi connectivity index (χ0) is 13.8. The lowest BCUT2D eigenvalue weighted by atomic mass is 9.91. The van der Waals surface area contributed by atoms with Gasteiger partial charge in [-0.15, -0.1) is 0 Å². The van der Waals surface area contributed by atoms with Crippen LogP contribution in [0.4, 0.5) is 0 Å². The van der Waals surface area contributed by atoms with E-state index in [4.69, 9.17) is 0 Å². The molecule has 104 valence electrons. The second kappa shape index (κ2) is 4.16. The first-order valence-corrected chi connectivity index (χ1v) is 8.27. The summed E-state index contributed by atoms with van der Waals surface area (Å²) in [5.74, 6) is -0.0821. The van der Waals surface area contributed by atoms with Gasteiger partial charge in [0.1, 0.15) is 0 Å². The summed E-state index contributed by atoms with van der Waals surface area (Å²) in [5, 5.41) is 3.60. The van der Waals surface area contributed by atoms with Gasteiger partial charge in [-0.1, -0.05) is 0 Å². The van der Waals surface area contributed by atoms with Crippen molar-refractivity contribution in [1.82, 2.24) is 9.78 Å². The van der Waals surface area contributed by atoms with Gasteiger partial charge in [-0.2, -0.15) is 5.10 Å². The molecule has 2 bridgehead atoms. The zero-order valence-corrected chi connectivity index (χ0v) is 12.0. The highest BCUT2D eigenvalue weighted by Crippen LogP contribution is 2.42. The molecule has 5 nitrogen and oxygen atoms in total. The molecule has 2 saturated heterocycles. The van der Waals surface area contributed by atoms with Crippen molar-refractivity contribution in [2.45, 2.75) is 43.1 Å². The van der Waals surface area contributed by atoms with Crippen LogP contribution in [-0.2, 0) is 16.9 Å². The normalized spacial score (nSPS) is 32.4. The van der Waals surface area contributed by atoms with Crippen LogP contribution in [0.15, 0.2) is 6.20 Å². The highest BCUT2D eigenvalue weighted by atomic mass is 32.2. The second-order valence-electron chi connectivity index (χ2n) is 5.74. The molecule has 2 fully saturated rings. The maximum atomic E-state index is 12.5. The fourth-order valence-electron chi connectivity index (χ4n) is 3.48. The summed E-state index contributed by atoms with van der Waals surface area (Å²) < 4.78 is 25.7. The van der Waals surface area contributed by atoms with Crippen LogP contribution >= 0.6 is 0 Å². The molecule has 0 amide bonds. The van der Waals surface area contributed by atoms with E-state index in [1.165, 1.54) is 0 Å². The Morgan fingerprint density at radius 2 is 1.89 bits per heavy atom. The minimum Gasteiger partial charge on any atom is -0.294 e. The lowest BCUT2D eigenvalue weighted by Gasteiger charge is -2.26. The third kappa shape index (κ3) is 1.93. The number of rotatable bonds is 2. The van der Waals surface area contributed by atoms with Gasteiger partial charge >= 0.3 is 0 Å². The topological polar surface area (TPSA) is 69.0 Å². The van der Waals surface area contributed by atoms with Crippen LogP contribution in [0, 0.1) is 12.8 Å². The van der Waals surface area contributed by atoms with Crippen LogP contribution in [0.3, 0.4) is 0 Å². The minimum absolute atomic E-state index is 0.0670. The largest absolute Gasteiger partial charge is 0.294 e. The van der Waals surface area contributed by atoms with E-state index in [1.54, 1.807) is 17.9 Å². The van der Waals surface area contributed by atoms with Crippen molar-refractivity contribution in [2.24, 2.45) is 13.0 Å². The van der Waals surface area contributed by atoms with Crippen molar-refractivity contribution in [1.29, 1.82) is 0 Å². The number of hydrogen-bond donors (Lipinski definition) is 0. The van der Waals surface area contributed by atoms with Crippen molar-refractivity contribution in [3.05, 3.63) is 17.5 Å².